The van der Waals surface area contributed by atoms with E-state index in [1.165, 1.54) is 17.7 Å². The predicted octanol–water partition coefficient (Wildman–Crippen LogP) is 4.30. The van der Waals surface area contributed by atoms with Gasteiger partial charge in [0, 0.05) is 0 Å². The maximum atomic E-state index is 11.2. The number of nitrogens with zero attached hydrogens (tertiary/aromatic N) is 3. The van der Waals surface area contributed by atoms with Gasteiger partial charge in [0.1, 0.15) is 22.6 Å². The summed E-state index contributed by atoms with van der Waals surface area (Å²) in [5.41, 5.74) is -1.11. The molecule has 0 saturated heterocycles. The van der Waals surface area contributed by atoms with Crippen molar-refractivity contribution in [1.29, 1.82) is 0 Å². The zero-order valence-electron chi connectivity index (χ0n) is 10.4. The van der Waals surface area contributed by atoms with Crippen LogP contribution in [0.1, 0.15) is 36.6 Å². The van der Waals surface area contributed by atoms with Gasteiger partial charge in [0.15, 0.2) is 0 Å². The highest BCUT2D eigenvalue weighted by Gasteiger charge is 2.45. The minimum absolute atomic E-state index is 0.206. The Kier molecular flexibility index (Phi) is 3.99. The second-order valence-corrected chi connectivity index (χ2v) is 7.27. The van der Waals surface area contributed by atoms with Crippen molar-refractivity contribution in [2.45, 2.75) is 37.3 Å². The standard InChI is InChI=1S/C12H12Cl3N3OS/c13-8-9(14)11(15)20-10(8)12(19)4-2-1-3-7(12)18-6-16-5-17-18/h5-7,19H,1-4H2/t7-,12-/m1/s1. The van der Waals surface area contributed by atoms with Crippen LogP contribution in [-0.2, 0) is 5.60 Å². The largest absolute Gasteiger partial charge is 0.382 e. The van der Waals surface area contributed by atoms with Crippen LogP contribution in [0.15, 0.2) is 12.7 Å². The van der Waals surface area contributed by atoms with Crippen molar-refractivity contribution >= 4 is 46.1 Å². The van der Waals surface area contributed by atoms with Crippen LogP contribution in [0.4, 0.5) is 0 Å². The molecule has 108 valence electrons. The fourth-order valence-electron chi connectivity index (χ4n) is 2.78. The lowest BCUT2D eigenvalue weighted by Crippen LogP contribution is -2.39. The summed E-state index contributed by atoms with van der Waals surface area (Å²) in [5, 5.41) is 16.0. The molecule has 0 spiro atoms. The van der Waals surface area contributed by atoms with E-state index >= 15 is 0 Å². The van der Waals surface area contributed by atoms with E-state index in [1.807, 2.05) is 0 Å². The average molecular weight is 353 g/mol. The minimum Gasteiger partial charge on any atom is -0.382 e. The summed E-state index contributed by atoms with van der Waals surface area (Å²) in [6.07, 6.45) is 6.44. The third kappa shape index (κ3) is 2.25. The second kappa shape index (κ2) is 5.46. The highest BCUT2D eigenvalue weighted by Crippen LogP contribution is 2.52. The van der Waals surface area contributed by atoms with Crippen molar-refractivity contribution in [2.24, 2.45) is 0 Å². The van der Waals surface area contributed by atoms with Crippen molar-refractivity contribution < 1.29 is 5.11 Å². The van der Waals surface area contributed by atoms with Crippen LogP contribution in [0.5, 0.6) is 0 Å². The van der Waals surface area contributed by atoms with Gasteiger partial charge in [-0.1, -0.05) is 47.6 Å². The molecule has 1 N–H and O–H groups in total. The lowest BCUT2D eigenvalue weighted by molar-refractivity contribution is -0.0485. The van der Waals surface area contributed by atoms with Crippen LogP contribution in [0, 0.1) is 0 Å². The summed E-state index contributed by atoms with van der Waals surface area (Å²) in [5.74, 6) is 0. The number of hydrogen-bond donors (Lipinski definition) is 1. The lowest BCUT2D eigenvalue weighted by atomic mass is 9.79. The number of aromatic nitrogens is 3. The van der Waals surface area contributed by atoms with Crippen LogP contribution < -0.4 is 0 Å². The number of aliphatic hydroxyl groups is 1. The Hall–Kier alpha value is -0.330. The van der Waals surface area contributed by atoms with Crippen molar-refractivity contribution in [3.8, 4) is 0 Å². The fourth-order valence-corrected chi connectivity index (χ4v) is 4.82. The van der Waals surface area contributed by atoms with Gasteiger partial charge in [0.2, 0.25) is 0 Å². The highest BCUT2D eigenvalue weighted by molar-refractivity contribution is 7.17. The predicted molar refractivity (Wildman–Crippen MR) is 80.8 cm³/mol. The molecule has 8 heteroatoms. The van der Waals surface area contributed by atoms with Crippen LogP contribution in [-0.4, -0.2) is 19.9 Å². The molecule has 2 aromatic rings. The Morgan fingerprint density at radius 3 is 2.70 bits per heavy atom. The van der Waals surface area contributed by atoms with Gasteiger partial charge in [-0.25, -0.2) is 9.67 Å². The van der Waals surface area contributed by atoms with Crippen molar-refractivity contribution in [3.05, 3.63) is 31.9 Å². The lowest BCUT2D eigenvalue weighted by Gasteiger charge is -2.39. The van der Waals surface area contributed by atoms with E-state index < -0.39 is 5.60 Å². The molecule has 1 aliphatic rings. The summed E-state index contributed by atoms with van der Waals surface area (Å²) in [4.78, 5) is 4.58. The molecule has 0 radical (unpaired) electrons. The smallest absolute Gasteiger partial charge is 0.137 e. The van der Waals surface area contributed by atoms with E-state index in [0.29, 0.717) is 25.7 Å². The van der Waals surface area contributed by atoms with Crippen LogP contribution in [0.3, 0.4) is 0 Å². The van der Waals surface area contributed by atoms with Crippen LogP contribution >= 0.6 is 46.1 Å². The molecule has 2 heterocycles. The Balaban J connectivity index is 2.09. The second-order valence-electron chi connectivity index (χ2n) is 4.89. The van der Waals surface area contributed by atoms with E-state index in [-0.39, 0.29) is 6.04 Å². The summed E-state index contributed by atoms with van der Waals surface area (Å²) >= 11 is 19.6. The minimum atomic E-state index is -1.11. The van der Waals surface area contributed by atoms with E-state index in [2.05, 4.69) is 10.1 Å². The van der Waals surface area contributed by atoms with E-state index in [1.54, 1.807) is 11.0 Å². The Bertz CT molecular complexity index is 616. The van der Waals surface area contributed by atoms with Gasteiger partial charge >= 0.3 is 0 Å². The third-order valence-corrected chi connectivity index (χ3v) is 6.48. The quantitative estimate of drug-likeness (QED) is 0.876. The van der Waals surface area contributed by atoms with Crippen molar-refractivity contribution in [1.82, 2.24) is 14.8 Å². The van der Waals surface area contributed by atoms with Gasteiger partial charge in [-0.05, 0) is 12.8 Å². The molecule has 20 heavy (non-hydrogen) atoms. The first-order chi connectivity index (χ1) is 9.54. The zero-order chi connectivity index (χ0) is 14.3. The molecular formula is C12H12Cl3N3OS. The Morgan fingerprint density at radius 1 is 1.30 bits per heavy atom. The molecule has 0 amide bonds. The number of hydrogen-bond acceptors (Lipinski definition) is 4. The SMILES string of the molecule is O[C@]1(c2sc(Cl)c(Cl)c2Cl)CCCC[C@H]1n1cncn1. The Labute approximate surface area is 135 Å². The molecule has 0 aliphatic heterocycles. The summed E-state index contributed by atoms with van der Waals surface area (Å²) < 4.78 is 2.10. The number of rotatable bonds is 2. The van der Waals surface area contributed by atoms with Gasteiger partial charge in [0.05, 0.1) is 21.0 Å². The fraction of sp³-hybridized carbons (Fsp3) is 0.500. The van der Waals surface area contributed by atoms with Gasteiger partial charge in [-0.15, -0.1) is 11.3 Å². The number of thiophene rings is 1. The normalized spacial score (nSPS) is 26.9. The average Bonchev–Trinajstić information content (AvgIpc) is 3.04. The van der Waals surface area contributed by atoms with E-state index in [4.69, 9.17) is 34.8 Å². The molecule has 2 atom stereocenters. The molecule has 1 aliphatic carbocycles. The first kappa shape index (κ1) is 14.6. The first-order valence-electron chi connectivity index (χ1n) is 6.24. The molecule has 3 rings (SSSR count). The summed E-state index contributed by atoms with van der Waals surface area (Å²) in [7, 11) is 0. The number of halogens is 3. The third-order valence-electron chi connectivity index (χ3n) is 3.74. The van der Waals surface area contributed by atoms with Crippen LogP contribution in [0.25, 0.3) is 0 Å². The maximum absolute atomic E-state index is 11.2. The molecular weight excluding hydrogens is 341 g/mol. The molecule has 0 bridgehead atoms. The van der Waals surface area contributed by atoms with Crippen molar-refractivity contribution in [2.75, 3.05) is 0 Å². The monoisotopic (exact) mass is 351 g/mol. The Morgan fingerprint density at radius 2 is 2.10 bits per heavy atom. The molecule has 1 fully saturated rings. The van der Waals surface area contributed by atoms with Crippen LogP contribution in [0.2, 0.25) is 14.4 Å². The molecule has 0 aromatic carbocycles. The first-order valence-corrected chi connectivity index (χ1v) is 8.19. The van der Waals surface area contributed by atoms with Crippen molar-refractivity contribution in [3.63, 3.8) is 0 Å². The van der Waals surface area contributed by atoms with Gasteiger partial charge in [-0.3, -0.25) is 0 Å². The maximum Gasteiger partial charge on any atom is 0.137 e. The van der Waals surface area contributed by atoms with E-state index in [0.717, 1.165) is 19.3 Å². The molecule has 0 unspecified atom stereocenters. The summed E-state index contributed by atoms with van der Waals surface area (Å²) in [6.45, 7) is 0. The molecule has 4 nitrogen and oxygen atoms in total. The van der Waals surface area contributed by atoms with E-state index in [9.17, 15) is 5.11 Å². The van der Waals surface area contributed by atoms with Gasteiger partial charge < -0.3 is 5.11 Å². The van der Waals surface area contributed by atoms with Gasteiger partial charge in [-0.2, -0.15) is 5.10 Å². The zero-order valence-corrected chi connectivity index (χ0v) is 13.5. The molecule has 1 saturated carbocycles. The highest BCUT2D eigenvalue weighted by atomic mass is 35.5. The van der Waals surface area contributed by atoms with Gasteiger partial charge in [0.25, 0.3) is 0 Å². The molecule has 2 aromatic heterocycles. The topological polar surface area (TPSA) is 50.9 Å². The summed E-state index contributed by atoms with van der Waals surface area (Å²) in [6, 6.07) is -0.206.